The Kier molecular flexibility index (Phi) is 5.42. The number of pyridine rings is 1. The number of aromatic nitrogens is 2. The molecule has 0 unspecified atom stereocenters. The minimum Gasteiger partial charge on any atom is -0.365 e. The van der Waals surface area contributed by atoms with E-state index in [4.69, 9.17) is 5.73 Å². The second kappa shape index (κ2) is 7.51. The monoisotopic (exact) mass is 348 g/mol. The number of anilines is 1. The Balaban J connectivity index is 2.27. The van der Waals surface area contributed by atoms with Crippen LogP contribution in [0.2, 0.25) is 0 Å². The molecule has 0 radical (unpaired) electrons. The van der Waals surface area contributed by atoms with E-state index in [2.05, 4.69) is 25.9 Å². The topological polar surface area (TPSA) is 139 Å². The summed E-state index contributed by atoms with van der Waals surface area (Å²) in [4.78, 5) is 43.0. The van der Waals surface area contributed by atoms with Crippen LogP contribution in [0.3, 0.4) is 0 Å². The molecule has 0 aliphatic rings. The van der Waals surface area contributed by atoms with E-state index in [1.54, 1.807) is 19.1 Å². The number of hydrogen-bond acceptors (Lipinski definition) is 6. The maximum absolute atomic E-state index is 11.8. The molecule has 0 atom stereocenters. The molecule has 0 aromatic carbocycles. The van der Waals surface area contributed by atoms with Crippen molar-refractivity contribution in [3.8, 4) is 10.6 Å². The van der Waals surface area contributed by atoms with E-state index in [1.165, 1.54) is 13.2 Å². The van der Waals surface area contributed by atoms with Crippen molar-refractivity contribution in [1.29, 1.82) is 0 Å². The molecule has 4 amide bonds. The second-order valence-corrected chi connectivity index (χ2v) is 5.56. The van der Waals surface area contributed by atoms with E-state index in [-0.39, 0.29) is 16.6 Å². The van der Waals surface area contributed by atoms with Crippen LogP contribution in [-0.4, -0.2) is 41.4 Å². The summed E-state index contributed by atoms with van der Waals surface area (Å²) < 4.78 is 0. The maximum Gasteiger partial charge on any atom is 0.320 e. The summed E-state index contributed by atoms with van der Waals surface area (Å²) in [6.07, 6.45) is 1.48. The third kappa shape index (κ3) is 3.84. The number of nitrogens with one attached hydrogen (secondary N) is 3. The van der Waals surface area contributed by atoms with E-state index >= 15 is 0 Å². The molecule has 0 saturated carbocycles. The molecule has 5 N–H and O–H groups in total. The predicted molar refractivity (Wildman–Crippen MR) is 89.9 cm³/mol. The Hall–Kier alpha value is -3.01. The smallest absolute Gasteiger partial charge is 0.320 e. The SMILES string of the molecule is CCNC(=O)Nc1ccc(-c2nc(C(=O)NC)c(C(N)=O)s2)cn1. The van der Waals surface area contributed by atoms with Gasteiger partial charge in [0.1, 0.15) is 15.7 Å². The van der Waals surface area contributed by atoms with Gasteiger partial charge in [-0.15, -0.1) is 11.3 Å². The van der Waals surface area contributed by atoms with Crippen LogP contribution >= 0.6 is 11.3 Å². The number of nitrogens with two attached hydrogens (primary N) is 1. The number of primary amides is 1. The van der Waals surface area contributed by atoms with Gasteiger partial charge < -0.3 is 16.4 Å². The van der Waals surface area contributed by atoms with Gasteiger partial charge in [-0.05, 0) is 19.1 Å². The van der Waals surface area contributed by atoms with Gasteiger partial charge in [-0.3, -0.25) is 14.9 Å². The van der Waals surface area contributed by atoms with Crippen LogP contribution < -0.4 is 21.7 Å². The summed E-state index contributed by atoms with van der Waals surface area (Å²) in [6.45, 7) is 2.31. The Morgan fingerprint density at radius 3 is 2.58 bits per heavy atom. The quantitative estimate of drug-likeness (QED) is 0.633. The molecule has 0 spiro atoms. The Labute approximate surface area is 141 Å². The highest BCUT2D eigenvalue weighted by Gasteiger charge is 2.21. The van der Waals surface area contributed by atoms with Crippen molar-refractivity contribution in [2.45, 2.75) is 6.92 Å². The van der Waals surface area contributed by atoms with Gasteiger partial charge in [0.15, 0.2) is 5.69 Å². The van der Waals surface area contributed by atoms with E-state index in [0.717, 1.165) is 11.3 Å². The lowest BCUT2D eigenvalue weighted by atomic mass is 10.3. The highest BCUT2D eigenvalue weighted by atomic mass is 32.1. The third-order valence-corrected chi connectivity index (χ3v) is 4.00. The summed E-state index contributed by atoms with van der Waals surface area (Å²) >= 11 is 1.01. The summed E-state index contributed by atoms with van der Waals surface area (Å²) in [6, 6.07) is 2.91. The van der Waals surface area contributed by atoms with Crippen LogP contribution in [-0.2, 0) is 0 Å². The predicted octanol–water partition coefficient (Wildman–Crippen LogP) is 0.805. The molecule has 9 nitrogen and oxygen atoms in total. The molecule has 2 heterocycles. The number of urea groups is 1. The van der Waals surface area contributed by atoms with Crippen molar-refractivity contribution in [2.24, 2.45) is 5.73 Å². The zero-order valence-electron chi connectivity index (χ0n) is 13.0. The van der Waals surface area contributed by atoms with Crippen LogP contribution in [0.5, 0.6) is 0 Å². The summed E-state index contributed by atoms with van der Waals surface area (Å²) in [7, 11) is 1.44. The van der Waals surface area contributed by atoms with Gasteiger partial charge in [0.25, 0.3) is 11.8 Å². The van der Waals surface area contributed by atoms with Crippen molar-refractivity contribution in [3.05, 3.63) is 28.9 Å². The number of thiazole rings is 1. The molecule has 2 aromatic heterocycles. The van der Waals surface area contributed by atoms with Crippen molar-refractivity contribution in [1.82, 2.24) is 20.6 Å². The molecule has 24 heavy (non-hydrogen) atoms. The molecule has 0 saturated heterocycles. The summed E-state index contributed by atoms with van der Waals surface area (Å²) in [5.41, 5.74) is 5.86. The molecule has 2 aromatic rings. The fourth-order valence-electron chi connectivity index (χ4n) is 1.80. The maximum atomic E-state index is 11.8. The lowest BCUT2D eigenvalue weighted by Gasteiger charge is -2.05. The van der Waals surface area contributed by atoms with Gasteiger partial charge in [0, 0.05) is 25.4 Å². The molecule has 2 rings (SSSR count). The van der Waals surface area contributed by atoms with Gasteiger partial charge in [0.2, 0.25) is 0 Å². The zero-order chi connectivity index (χ0) is 17.7. The normalized spacial score (nSPS) is 10.1. The van der Waals surface area contributed by atoms with Crippen LogP contribution in [0.25, 0.3) is 10.6 Å². The van der Waals surface area contributed by atoms with Gasteiger partial charge in [0.05, 0.1) is 0 Å². The van der Waals surface area contributed by atoms with Crippen LogP contribution in [0.4, 0.5) is 10.6 Å². The standard InChI is InChI=1S/C14H16N6O3S/c1-3-17-14(23)19-8-5-4-7(6-18-8)13-20-9(12(22)16-2)10(24-13)11(15)21/h4-6H,3H2,1-2H3,(H2,15,21)(H,16,22)(H2,17,18,19,23). The van der Waals surface area contributed by atoms with Crippen LogP contribution in [0.15, 0.2) is 18.3 Å². The summed E-state index contributed by atoms with van der Waals surface area (Å²) in [5.74, 6) is -0.850. The molecule has 0 fully saturated rings. The number of rotatable bonds is 5. The number of nitrogens with zero attached hydrogens (tertiary/aromatic N) is 2. The average molecular weight is 348 g/mol. The Morgan fingerprint density at radius 2 is 2.04 bits per heavy atom. The van der Waals surface area contributed by atoms with E-state index in [0.29, 0.717) is 22.9 Å². The summed E-state index contributed by atoms with van der Waals surface area (Å²) in [5, 5.41) is 8.00. The highest BCUT2D eigenvalue weighted by molar-refractivity contribution is 7.17. The van der Waals surface area contributed by atoms with Crippen LogP contribution in [0.1, 0.15) is 27.1 Å². The van der Waals surface area contributed by atoms with Gasteiger partial charge in [-0.2, -0.15) is 0 Å². The third-order valence-electron chi connectivity index (χ3n) is 2.88. The largest absolute Gasteiger partial charge is 0.365 e. The van der Waals surface area contributed by atoms with Crippen molar-refractivity contribution in [2.75, 3.05) is 18.9 Å². The number of hydrogen-bond donors (Lipinski definition) is 4. The lowest BCUT2D eigenvalue weighted by Crippen LogP contribution is -2.28. The molecule has 0 bridgehead atoms. The minimum atomic E-state index is -0.722. The van der Waals surface area contributed by atoms with Gasteiger partial charge in [-0.1, -0.05) is 0 Å². The average Bonchev–Trinajstić information content (AvgIpc) is 3.00. The van der Waals surface area contributed by atoms with E-state index in [9.17, 15) is 14.4 Å². The van der Waals surface area contributed by atoms with Crippen LogP contribution in [0, 0.1) is 0 Å². The lowest BCUT2D eigenvalue weighted by molar-refractivity contribution is 0.0941. The van der Waals surface area contributed by atoms with Crippen molar-refractivity contribution in [3.63, 3.8) is 0 Å². The first-order valence-corrected chi connectivity index (χ1v) is 7.81. The van der Waals surface area contributed by atoms with Gasteiger partial charge in [-0.25, -0.2) is 14.8 Å². The van der Waals surface area contributed by atoms with Crippen molar-refractivity contribution >= 4 is 35.0 Å². The molecular weight excluding hydrogens is 332 g/mol. The molecule has 0 aliphatic carbocycles. The highest BCUT2D eigenvalue weighted by Crippen LogP contribution is 2.28. The molecular formula is C14H16N6O3S. The van der Waals surface area contributed by atoms with Crippen molar-refractivity contribution < 1.29 is 14.4 Å². The first-order chi connectivity index (χ1) is 11.5. The number of amides is 4. The minimum absolute atomic E-state index is 0.0190. The Bertz CT molecular complexity index is 771. The molecule has 0 aliphatic heterocycles. The number of carbonyl (C=O) groups is 3. The number of carbonyl (C=O) groups excluding carboxylic acids is 3. The first-order valence-electron chi connectivity index (χ1n) is 7.00. The second-order valence-electron chi connectivity index (χ2n) is 4.56. The fraction of sp³-hybridized carbons (Fsp3) is 0.214. The molecule has 126 valence electrons. The first kappa shape index (κ1) is 17.3. The van der Waals surface area contributed by atoms with Gasteiger partial charge >= 0.3 is 6.03 Å². The zero-order valence-corrected chi connectivity index (χ0v) is 13.9. The van der Waals surface area contributed by atoms with E-state index < -0.39 is 11.8 Å². The molecule has 10 heteroatoms. The Morgan fingerprint density at radius 1 is 1.29 bits per heavy atom. The fourth-order valence-corrected chi connectivity index (χ4v) is 2.70. The van der Waals surface area contributed by atoms with E-state index in [1.807, 2.05) is 0 Å².